The molecule has 19 heavy (non-hydrogen) atoms. The molecule has 0 spiro atoms. The summed E-state index contributed by atoms with van der Waals surface area (Å²) in [5, 5.41) is 0. The molecule has 0 saturated heterocycles. The third-order valence-electron chi connectivity index (χ3n) is 4.89. The van der Waals surface area contributed by atoms with Crippen LogP contribution in [0.3, 0.4) is 0 Å². The molecule has 2 nitrogen and oxygen atoms in total. The molecular weight excluding hydrogens is 236 g/mol. The second-order valence-corrected chi connectivity index (χ2v) is 5.94. The first-order valence-electron chi connectivity index (χ1n) is 7.56. The Balaban J connectivity index is 1.91. The van der Waals surface area contributed by atoms with E-state index in [1.165, 1.54) is 18.4 Å². The summed E-state index contributed by atoms with van der Waals surface area (Å²) in [4.78, 5) is 12.8. The Kier molecular flexibility index (Phi) is 3.34. The molecule has 0 radical (unpaired) electrons. The quantitative estimate of drug-likeness (QED) is 0.761. The van der Waals surface area contributed by atoms with Gasteiger partial charge in [0, 0.05) is 11.0 Å². The van der Waals surface area contributed by atoms with Crippen molar-refractivity contribution in [1.29, 1.82) is 0 Å². The topological polar surface area (TPSA) is 26.3 Å². The number of carbonyl (C=O) groups excluding carboxylic acids is 1. The van der Waals surface area contributed by atoms with Gasteiger partial charge in [0.15, 0.2) is 5.78 Å². The summed E-state index contributed by atoms with van der Waals surface area (Å²) in [5.41, 5.74) is 2.03. The van der Waals surface area contributed by atoms with Gasteiger partial charge >= 0.3 is 0 Å². The lowest BCUT2D eigenvalue weighted by Crippen LogP contribution is -2.27. The fourth-order valence-electron chi connectivity index (χ4n) is 3.60. The van der Waals surface area contributed by atoms with Crippen LogP contribution in [0.2, 0.25) is 0 Å². The van der Waals surface area contributed by atoms with Crippen molar-refractivity contribution in [2.45, 2.75) is 51.9 Å². The van der Waals surface area contributed by atoms with Gasteiger partial charge in [0.1, 0.15) is 5.75 Å². The molecule has 1 saturated carbocycles. The van der Waals surface area contributed by atoms with E-state index >= 15 is 0 Å². The van der Waals surface area contributed by atoms with Gasteiger partial charge in [-0.1, -0.05) is 19.8 Å². The van der Waals surface area contributed by atoms with Crippen LogP contribution in [0.15, 0.2) is 18.2 Å². The number of ether oxygens (including phenoxy) is 1. The highest BCUT2D eigenvalue weighted by molar-refractivity contribution is 6.01. The Morgan fingerprint density at radius 2 is 2.05 bits per heavy atom. The van der Waals surface area contributed by atoms with Gasteiger partial charge in [-0.25, -0.2) is 0 Å². The molecule has 0 unspecified atom stereocenters. The minimum absolute atomic E-state index is 0.0796. The number of fused-ring (bicyclic) bond motifs is 1. The summed E-state index contributed by atoms with van der Waals surface area (Å²) >= 11 is 0. The highest BCUT2D eigenvalue weighted by Gasteiger charge is 2.39. The van der Waals surface area contributed by atoms with Crippen molar-refractivity contribution < 1.29 is 9.53 Å². The SMILES string of the molecule is CCC1(C(=O)c2ccc3c(c2)CCCO3)CCCC1. The molecule has 1 fully saturated rings. The van der Waals surface area contributed by atoms with Crippen molar-refractivity contribution >= 4 is 5.78 Å². The van der Waals surface area contributed by atoms with Crippen molar-refractivity contribution in [3.63, 3.8) is 0 Å². The predicted molar refractivity (Wildman–Crippen MR) is 75.8 cm³/mol. The maximum atomic E-state index is 12.8. The minimum Gasteiger partial charge on any atom is -0.493 e. The third kappa shape index (κ3) is 2.18. The van der Waals surface area contributed by atoms with Gasteiger partial charge in [0.05, 0.1) is 6.61 Å². The first kappa shape index (κ1) is 12.7. The van der Waals surface area contributed by atoms with Gasteiger partial charge in [-0.15, -0.1) is 0 Å². The van der Waals surface area contributed by atoms with E-state index in [1.807, 2.05) is 12.1 Å². The minimum atomic E-state index is -0.0796. The van der Waals surface area contributed by atoms with Gasteiger partial charge in [-0.3, -0.25) is 4.79 Å². The molecule has 1 aromatic rings. The molecule has 1 aromatic carbocycles. The third-order valence-corrected chi connectivity index (χ3v) is 4.89. The van der Waals surface area contributed by atoms with Gasteiger partial charge in [-0.2, -0.15) is 0 Å². The Bertz CT molecular complexity index is 484. The molecule has 1 heterocycles. The number of aryl methyl sites for hydroxylation is 1. The monoisotopic (exact) mass is 258 g/mol. The van der Waals surface area contributed by atoms with E-state index in [0.717, 1.165) is 50.0 Å². The molecule has 3 rings (SSSR count). The summed E-state index contributed by atoms with van der Waals surface area (Å²) in [6, 6.07) is 6.02. The lowest BCUT2D eigenvalue weighted by Gasteiger charge is -2.26. The Hall–Kier alpha value is -1.31. The van der Waals surface area contributed by atoms with Crippen molar-refractivity contribution in [3.05, 3.63) is 29.3 Å². The first-order valence-corrected chi connectivity index (χ1v) is 7.56. The van der Waals surface area contributed by atoms with Gasteiger partial charge < -0.3 is 4.74 Å². The zero-order valence-electron chi connectivity index (χ0n) is 11.7. The summed E-state index contributed by atoms with van der Waals surface area (Å²) < 4.78 is 5.62. The number of benzene rings is 1. The number of Topliss-reactive ketones (excluding diaryl/α,β-unsaturated/α-hetero) is 1. The van der Waals surface area contributed by atoms with E-state index in [2.05, 4.69) is 13.0 Å². The maximum Gasteiger partial charge on any atom is 0.169 e. The Labute approximate surface area is 115 Å². The maximum absolute atomic E-state index is 12.8. The fraction of sp³-hybridized carbons (Fsp3) is 0.588. The zero-order valence-corrected chi connectivity index (χ0v) is 11.7. The van der Waals surface area contributed by atoms with E-state index in [4.69, 9.17) is 4.74 Å². The highest BCUT2D eigenvalue weighted by Crippen LogP contribution is 2.44. The van der Waals surface area contributed by atoms with Crippen molar-refractivity contribution in [1.82, 2.24) is 0 Å². The van der Waals surface area contributed by atoms with Crippen molar-refractivity contribution in [2.24, 2.45) is 5.41 Å². The van der Waals surface area contributed by atoms with Gasteiger partial charge in [0.25, 0.3) is 0 Å². The van der Waals surface area contributed by atoms with Crippen LogP contribution in [0.25, 0.3) is 0 Å². The first-order chi connectivity index (χ1) is 9.25. The van der Waals surface area contributed by atoms with E-state index in [1.54, 1.807) is 0 Å². The average molecular weight is 258 g/mol. The van der Waals surface area contributed by atoms with E-state index in [9.17, 15) is 4.79 Å². The smallest absolute Gasteiger partial charge is 0.169 e. The summed E-state index contributed by atoms with van der Waals surface area (Å²) in [6.07, 6.45) is 7.60. The average Bonchev–Trinajstić information content (AvgIpc) is 2.96. The van der Waals surface area contributed by atoms with Crippen LogP contribution in [0.1, 0.15) is 61.4 Å². The van der Waals surface area contributed by atoms with Crippen LogP contribution >= 0.6 is 0 Å². The number of rotatable bonds is 3. The van der Waals surface area contributed by atoms with E-state index < -0.39 is 0 Å². The Morgan fingerprint density at radius 3 is 2.79 bits per heavy atom. The standard InChI is InChI=1S/C17H22O2/c1-2-17(9-3-4-10-17)16(18)14-7-8-15-13(12-14)6-5-11-19-15/h7-8,12H,2-6,9-11H2,1H3. The fourth-order valence-corrected chi connectivity index (χ4v) is 3.60. The summed E-state index contributed by atoms with van der Waals surface area (Å²) in [7, 11) is 0. The second-order valence-electron chi connectivity index (χ2n) is 5.94. The molecule has 0 atom stereocenters. The van der Waals surface area contributed by atoms with Crippen LogP contribution in [0.4, 0.5) is 0 Å². The molecule has 2 heteroatoms. The highest BCUT2D eigenvalue weighted by atomic mass is 16.5. The number of ketones is 1. The summed E-state index contributed by atoms with van der Waals surface area (Å²) in [5.74, 6) is 1.33. The second kappa shape index (κ2) is 4.99. The summed E-state index contributed by atoms with van der Waals surface area (Å²) in [6.45, 7) is 2.96. The van der Waals surface area contributed by atoms with Crippen LogP contribution in [-0.4, -0.2) is 12.4 Å². The normalized spacial score (nSPS) is 20.7. The number of hydrogen-bond acceptors (Lipinski definition) is 2. The van der Waals surface area contributed by atoms with Gasteiger partial charge in [-0.05, 0) is 55.9 Å². The van der Waals surface area contributed by atoms with E-state index in [0.29, 0.717) is 5.78 Å². The molecule has 1 aliphatic heterocycles. The molecule has 0 aromatic heterocycles. The molecular formula is C17H22O2. The molecule has 1 aliphatic carbocycles. The van der Waals surface area contributed by atoms with E-state index in [-0.39, 0.29) is 5.41 Å². The number of hydrogen-bond donors (Lipinski definition) is 0. The van der Waals surface area contributed by atoms with Crippen LogP contribution in [0, 0.1) is 5.41 Å². The molecule has 102 valence electrons. The van der Waals surface area contributed by atoms with Crippen molar-refractivity contribution in [2.75, 3.05) is 6.61 Å². The molecule has 2 aliphatic rings. The van der Waals surface area contributed by atoms with Gasteiger partial charge in [0.2, 0.25) is 0 Å². The Morgan fingerprint density at radius 1 is 1.26 bits per heavy atom. The predicted octanol–water partition coefficient (Wildman–Crippen LogP) is 4.16. The largest absolute Gasteiger partial charge is 0.493 e. The lowest BCUT2D eigenvalue weighted by atomic mass is 9.76. The van der Waals surface area contributed by atoms with Crippen molar-refractivity contribution in [3.8, 4) is 5.75 Å². The lowest BCUT2D eigenvalue weighted by molar-refractivity contribution is 0.0791. The number of carbonyl (C=O) groups is 1. The molecule has 0 N–H and O–H groups in total. The molecule has 0 bridgehead atoms. The van der Waals surface area contributed by atoms with Crippen LogP contribution < -0.4 is 4.74 Å². The van der Waals surface area contributed by atoms with Crippen LogP contribution in [0.5, 0.6) is 5.75 Å². The molecule has 0 amide bonds. The van der Waals surface area contributed by atoms with Crippen LogP contribution in [-0.2, 0) is 6.42 Å². The zero-order chi connectivity index (χ0) is 13.3.